The molecule has 1 heterocycles. The molecule has 0 unspecified atom stereocenters. The number of aromatic hydroxyl groups is 2. The van der Waals surface area contributed by atoms with Crippen LogP contribution in [0.25, 0.3) is 11.0 Å². The smallest absolute Gasteiger partial charge is 0.260 e. The quantitative estimate of drug-likeness (QED) is 0.388. The molecule has 0 spiro atoms. The molecule has 0 saturated heterocycles. The van der Waals surface area contributed by atoms with Gasteiger partial charge < -0.3 is 14.8 Å². The van der Waals surface area contributed by atoms with E-state index in [9.17, 15) is 15.0 Å². The number of hydrazone groups is 1. The summed E-state index contributed by atoms with van der Waals surface area (Å²) in [5.41, 5.74) is 4.41. The van der Waals surface area contributed by atoms with Gasteiger partial charge in [0.2, 0.25) is 0 Å². The zero-order valence-electron chi connectivity index (χ0n) is 13.0. The van der Waals surface area contributed by atoms with Crippen LogP contribution in [0.5, 0.6) is 11.5 Å². The van der Waals surface area contributed by atoms with E-state index in [1.54, 1.807) is 16.7 Å². The first kappa shape index (κ1) is 15.5. The Morgan fingerprint density at radius 3 is 2.88 bits per heavy atom. The molecule has 0 atom stereocenters. The Bertz CT molecular complexity index is 931. The highest BCUT2D eigenvalue weighted by Gasteiger charge is 2.10. The predicted molar refractivity (Wildman–Crippen MR) is 90.0 cm³/mol. The molecule has 1 amide bonds. The minimum absolute atomic E-state index is 0.0791. The van der Waals surface area contributed by atoms with Gasteiger partial charge >= 0.3 is 0 Å². The second-order valence-electron chi connectivity index (χ2n) is 5.24. The molecule has 0 fully saturated rings. The number of imidazole rings is 1. The van der Waals surface area contributed by atoms with Crippen LogP contribution in [-0.4, -0.2) is 31.9 Å². The van der Waals surface area contributed by atoms with E-state index in [0.29, 0.717) is 5.56 Å². The fourth-order valence-electron chi connectivity index (χ4n) is 2.40. The van der Waals surface area contributed by atoms with Gasteiger partial charge in [0.15, 0.2) is 11.5 Å². The Kier molecular flexibility index (Phi) is 4.15. The van der Waals surface area contributed by atoms with Crippen molar-refractivity contribution < 1.29 is 15.0 Å². The number of phenolic OH excluding ortho intramolecular Hbond substituents is 2. The van der Waals surface area contributed by atoms with Crippen LogP contribution in [0.1, 0.15) is 11.4 Å². The van der Waals surface area contributed by atoms with Crippen LogP contribution in [0.4, 0.5) is 0 Å². The molecule has 2 aromatic carbocycles. The van der Waals surface area contributed by atoms with Crippen LogP contribution in [0, 0.1) is 6.92 Å². The Balaban J connectivity index is 1.70. The van der Waals surface area contributed by atoms with Crippen molar-refractivity contribution in [3.63, 3.8) is 0 Å². The molecule has 0 aliphatic rings. The van der Waals surface area contributed by atoms with Crippen molar-refractivity contribution in [3.8, 4) is 11.5 Å². The largest absolute Gasteiger partial charge is 0.504 e. The highest BCUT2D eigenvalue weighted by atomic mass is 16.3. The predicted octanol–water partition coefficient (Wildman–Crippen LogP) is 1.91. The Morgan fingerprint density at radius 1 is 1.25 bits per heavy atom. The lowest BCUT2D eigenvalue weighted by Crippen LogP contribution is -2.23. The summed E-state index contributed by atoms with van der Waals surface area (Å²) in [5.74, 6) is -0.115. The third-order valence-corrected chi connectivity index (χ3v) is 3.59. The van der Waals surface area contributed by atoms with E-state index < -0.39 is 0 Å². The van der Waals surface area contributed by atoms with Crippen molar-refractivity contribution in [2.24, 2.45) is 5.10 Å². The number of amides is 1. The number of nitrogens with one attached hydrogen (secondary N) is 1. The number of hydrogen-bond acceptors (Lipinski definition) is 5. The number of benzene rings is 2. The maximum atomic E-state index is 12.1. The molecular weight excluding hydrogens is 308 g/mol. The average molecular weight is 324 g/mol. The number of hydrogen-bond donors (Lipinski definition) is 3. The molecule has 0 saturated carbocycles. The third kappa shape index (κ3) is 3.05. The Labute approximate surface area is 137 Å². The summed E-state index contributed by atoms with van der Waals surface area (Å²) in [4.78, 5) is 16.5. The summed E-state index contributed by atoms with van der Waals surface area (Å²) in [6.07, 6.45) is 1.27. The number of phenols is 2. The molecule has 7 heteroatoms. The van der Waals surface area contributed by atoms with Gasteiger partial charge in [-0.3, -0.25) is 4.79 Å². The molecule has 0 aliphatic heterocycles. The lowest BCUT2D eigenvalue weighted by atomic mass is 10.2. The summed E-state index contributed by atoms with van der Waals surface area (Å²) in [6, 6.07) is 12.1. The monoisotopic (exact) mass is 324 g/mol. The number of para-hydroxylation sites is 3. The topological polar surface area (TPSA) is 99.7 Å². The SMILES string of the molecule is Cc1nc2ccccc2n1CC(=O)N/N=C/c1cccc(O)c1O. The van der Waals surface area contributed by atoms with E-state index in [-0.39, 0.29) is 24.0 Å². The van der Waals surface area contributed by atoms with Gasteiger partial charge in [-0.05, 0) is 31.2 Å². The van der Waals surface area contributed by atoms with Crippen molar-refractivity contribution in [2.45, 2.75) is 13.5 Å². The normalized spacial score (nSPS) is 11.2. The lowest BCUT2D eigenvalue weighted by molar-refractivity contribution is -0.121. The van der Waals surface area contributed by atoms with Crippen molar-refractivity contribution in [2.75, 3.05) is 0 Å². The standard InChI is InChI=1S/C17H16N4O3/c1-11-19-13-6-2-3-7-14(13)21(11)10-16(23)20-18-9-12-5-4-8-15(22)17(12)24/h2-9,22,24H,10H2,1H3,(H,20,23)/b18-9+. The molecular formula is C17H16N4O3. The fraction of sp³-hybridized carbons (Fsp3) is 0.118. The minimum Gasteiger partial charge on any atom is -0.504 e. The molecule has 24 heavy (non-hydrogen) atoms. The number of rotatable bonds is 4. The summed E-state index contributed by atoms with van der Waals surface area (Å²) >= 11 is 0. The van der Waals surface area contributed by atoms with Crippen molar-refractivity contribution >= 4 is 23.2 Å². The van der Waals surface area contributed by atoms with Gasteiger partial charge in [0.1, 0.15) is 12.4 Å². The highest BCUT2D eigenvalue weighted by Crippen LogP contribution is 2.26. The molecule has 3 rings (SSSR count). The lowest BCUT2D eigenvalue weighted by Gasteiger charge is -2.05. The number of aromatic nitrogens is 2. The second kappa shape index (κ2) is 6.41. The van der Waals surface area contributed by atoms with Crippen molar-refractivity contribution in [1.82, 2.24) is 15.0 Å². The molecule has 122 valence electrons. The van der Waals surface area contributed by atoms with E-state index in [1.807, 2.05) is 31.2 Å². The zero-order valence-corrected chi connectivity index (χ0v) is 13.0. The van der Waals surface area contributed by atoms with Crippen LogP contribution in [0.2, 0.25) is 0 Å². The Hall–Kier alpha value is -3.35. The summed E-state index contributed by atoms with van der Waals surface area (Å²) < 4.78 is 1.80. The van der Waals surface area contributed by atoms with E-state index in [4.69, 9.17) is 0 Å². The van der Waals surface area contributed by atoms with Gasteiger partial charge in [0.25, 0.3) is 5.91 Å². The average Bonchev–Trinajstić information content (AvgIpc) is 2.87. The molecule has 0 radical (unpaired) electrons. The van der Waals surface area contributed by atoms with Gasteiger partial charge in [-0.1, -0.05) is 18.2 Å². The van der Waals surface area contributed by atoms with Gasteiger partial charge in [0, 0.05) is 5.56 Å². The first-order chi connectivity index (χ1) is 11.6. The number of aryl methyl sites for hydroxylation is 1. The minimum atomic E-state index is -0.322. The molecule has 3 aromatic rings. The van der Waals surface area contributed by atoms with Crippen molar-refractivity contribution in [1.29, 1.82) is 0 Å². The van der Waals surface area contributed by atoms with Crippen LogP contribution in [0.15, 0.2) is 47.6 Å². The van der Waals surface area contributed by atoms with Crippen molar-refractivity contribution in [3.05, 3.63) is 53.9 Å². The van der Waals surface area contributed by atoms with E-state index >= 15 is 0 Å². The zero-order chi connectivity index (χ0) is 17.1. The fourth-order valence-corrected chi connectivity index (χ4v) is 2.40. The summed E-state index contributed by atoms with van der Waals surface area (Å²) in [5, 5.41) is 22.9. The van der Waals surface area contributed by atoms with Crippen LogP contribution in [-0.2, 0) is 11.3 Å². The molecule has 7 nitrogen and oxygen atoms in total. The van der Waals surface area contributed by atoms with Gasteiger partial charge in [-0.25, -0.2) is 10.4 Å². The highest BCUT2D eigenvalue weighted by molar-refractivity contribution is 5.86. The first-order valence-electron chi connectivity index (χ1n) is 7.31. The first-order valence-corrected chi connectivity index (χ1v) is 7.31. The van der Waals surface area contributed by atoms with Gasteiger partial charge in [-0.2, -0.15) is 5.10 Å². The maximum absolute atomic E-state index is 12.1. The third-order valence-electron chi connectivity index (χ3n) is 3.59. The van der Waals surface area contributed by atoms with E-state index in [2.05, 4.69) is 15.5 Å². The van der Waals surface area contributed by atoms with E-state index in [0.717, 1.165) is 16.9 Å². The van der Waals surface area contributed by atoms with Crippen LogP contribution >= 0.6 is 0 Å². The number of carbonyl (C=O) groups is 1. The van der Waals surface area contributed by atoms with Crippen LogP contribution < -0.4 is 5.43 Å². The van der Waals surface area contributed by atoms with E-state index in [1.165, 1.54) is 12.3 Å². The number of carbonyl (C=O) groups excluding carboxylic acids is 1. The van der Waals surface area contributed by atoms with Gasteiger partial charge in [0.05, 0.1) is 17.2 Å². The molecule has 1 aromatic heterocycles. The molecule has 3 N–H and O–H groups in total. The Morgan fingerprint density at radius 2 is 2.04 bits per heavy atom. The van der Waals surface area contributed by atoms with Crippen LogP contribution in [0.3, 0.4) is 0 Å². The molecule has 0 aliphatic carbocycles. The number of fused-ring (bicyclic) bond motifs is 1. The molecule has 0 bridgehead atoms. The van der Waals surface area contributed by atoms with Gasteiger partial charge in [-0.15, -0.1) is 0 Å². The number of nitrogens with zero attached hydrogens (tertiary/aromatic N) is 3. The summed E-state index contributed by atoms with van der Waals surface area (Å²) in [7, 11) is 0. The summed E-state index contributed by atoms with van der Waals surface area (Å²) in [6.45, 7) is 1.91. The second-order valence-corrected chi connectivity index (χ2v) is 5.24. The maximum Gasteiger partial charge on any atom is 0.260 e.